The quantitative estimate of drug-likeness (QED) is 0.425. The summed E-state index contributed by atoms with van der Waals surface area (Å²) in [5, 5.41) is 11.6. The third-order valence-electron chi connectivity index (χ3n) is 5.31. The van der Waals surface area contributed by atoms with Crippen LogP contribution in [0.2, 0.25) is 0 Å². The Labute approximate surface area is 178 Å². The third kappa shape index (κ3) is 4.79. The molecule has 1 unspecified atom stereocenters. The molecule has 152 valence electrons. The summed E-state index contributed by atoms with van der Waals surface area (Å²) in [4.78, 5) is 9.02. The molecule has 0 amide bonds. The van der Waals surface area contributed by atoms with Crippen molar-refractivity contribution in [2.75, 3.05) is 10.6 Å². The minimum absolute atomic E-state index is 0.356. The molecule has 7 heteroatoms. The maximum absolute atomic E-state index is 4.83. The topological polar surface area (TPSA) is 67.1 Å². The number of nitrogens with one attached hydrogen (secondary N) is 2. The van der Waals surface area contributed by atoms with Crippen LogP contribution in [0.5, 0.6) is 0 Å². The molecule has 0 radical (unpaired) electrons. The molecule has 4 aromatic rings. The van der Waals surface area contributed by atoms with Crippen molar-refractivity contribution in [2.45, 2.75) is 38.8 Å². The zero-order valence-electron chi connectivity index (χ0n) is 17.5. The summed E-state index contributed by atoms with van der Waals surface area (Å²) in [5.74, 6) is 1.79. The zero-order valence-corrected chi connectivity index (χ0v) is 17.5. The van der Waals surface area contributed by atoms with Crippen LogP contribution in [0.25, 0.3) is 5.65 Å². The molecule has 4 rings (SSSR count). The predicted molar refractivity (Wildman–Crippen MR) is 125 cm³/mol. The zero-order chi connectivity index (χ0) is 20.8. The summed E-state index contributed by atoms with van der Waals surface area (Å²) in [6.07, 6.45) is 8.66. The van der Waals surface area contributed by atoms with Gasteiger partial charge in [0.2, 0.25) is 0 Å². The molecular formula is C23H27BN6. The number of pyridine rings is 1. The summed E-state index contributed by atoms with van der Waals surface area (Å²) in [6.45, 7) is 2.89. The second-order valence-electron chi connectivity index (χ2n) is 7.58. The van der Waals surface area contributed by atoms with E-state index in [1.165, 1.54) is 5.56 Å². The van der Waals surface area contributed by atoms with Gasteiger partial charge in [0.1, 0.15) is 19.5 Å². The van der Waals surface area contributed by atoms with E-state index in [-0.39, 0.29) is 0 Å². The highest BCUT2D eigenvalue weighted by Crippen LogP contribution is 2.19. The maximum atomic E-state index is 4.83. The molecule has 30 heavy (non-hydrogen) atoms. The molecule has 0 saturated carbocycles. The Bertz CT molecular complexity index is 1080. The van der Waals surface area contributed by atoms with Crippen LogP contribution in [-0.2, 0) is 13.0 Å². The van der Waals surface area contributed by atoms with Gasteiger partial charge < -0.3 is 10.6 Å². The fraction of sp³-hybridized carbons (Fsp3) is 0.261. The molecule has 0 aliphatic rings. The lowest BCUT2D eigenvalue weighted by molar-refractivity contribution is 0.631. The van der Waals surface area contributed by atoms with Gasteiger partial charge in [-0.3, -0.25) is 4.98 Å². The first-order chi connectivity index (χ1) is 14.7. The first kappa shape index (κ1) is 19.9. The van der Waals surface area contributed by atoms with Crippen molar-refractivity contribution in [1.29, 1.82) is 0 Å². The van der Waals surface area contributed by atoms with E-state index in [1.807, 2.05) is 36.9 Å². The molecule has 1 aromatic carbocycles. The summed E-state index contributed by atoms with van der Waals surface area (Å²) in [7, 11) is 2.04. The monoisotopic (exact) mass is 398 g/mol. The predicted octanol–water partition coefficient (Wildman–Crippen LogP) is 2.82. The lowest BCUT2D eigenvalue weighted by Gasteiger charge is -2.19. The van der Waals surface area contributed by atoms with E-state index in [2.05, 4.69) is 64.0 Å². The van der Waals surface area contributed by atoms with Crippen LogP contribution in [0.3, 0.4) is 0 Å². The van der Waals surface area contributed by atoms with Crippen LogP contribution in [-0.4, -0.2) is 33.5 Å². The van der Waals surface area contributed by atoms with Crippen LogP contribution in [0.15, 0.2) is 67.1 Å². The molecule has 3 heterocycles. The van der Waals surface area contributed by atoms with Crippen molar-refractivity contribution in [3.05, 3.63) is 78.2 Å². The number of aromatic nitrogens is 4. The number of rotatable bonds is 9. The lowest BCUT2D eigenvalue weighted by Crippen LogP contribution is -2.21. The molecule has 1 atom stereocenters. The number of hydrogen-bond acceptors (Lipinski definition) is 5. The number of nitrogens with zero attached hydrogens (tertiary/aromatic N) is 4. The van der Waals surface area contributed by atoms with E-state index < -0.39 is 0 Å². The Morgan fingerprint density at radius 1 is 1.07 bits per heavy atom. The second kappa shape index (κ2) is 9.44. The van der Waals surface area contributed by atoms with Gasteiger partial charge >= 0.3 is 0 Å². The summed E-state index contributed by atoms with van der Waals surface area (Å²) in [5.41, 5.74) is 4.41. The lowest BCUT2D eigenvalue weighted by atomic mass is 10.0. The van der Waals surface area contributed by atoms with Crippen molar-refractivity contribution >= 4 is 30.6 Å². The highest BCUT2D eigenvalue weighted by Gasteiger charge is 2.13. The summed E-state index contributed by atoms with van der Waals surface area (Å²) < 4.78 is 1.86. The van der Waals surface area contributed by atoms with Gasteiger partial charge in [-0.2, -0.15) is 9.61 Å². The highest BCUT2D eigenvalue weighted by atomic mass is 15.3. The summed E-state index contributed by atoms with van der Waals surface area (Å²) in [6, 6.07) is 17.0. The van der Waals surface area contributed by atoms with Crippen molar-refractivity contribution in [2.24, 2.45) is 0 Å². The van der Waals surface area contributed by atoms with Crippen molar-refractivity contribution < 1.29 is 0 Å². The molecule has 0 fully saturated rings. The van der Waals surface area contributed by atoms with Gasteiger partial charge in [0, 0.05) is 37.2 Å². The average Bonchev–Trinajstić information content (AvgIpc) is 3.17. The first-order valence-corrected chi connectivity index (χ1v) is 10.5. The van der Waals surface area contributed by atoms with Gasteiger partial charge in [-0.05, 0) is 41.9 Å². The van der Waals surface area contributed by atoms with Crippen molar-refractivity contribution in [1.82, 2.24) is 19.6 Å². The van der Waals surface area contributed by atoms with E-state index in [1.54, 1.807) is 6.20 Å². The van der Waals surface area contributed by atoms with Gasteiger partial charge in [-0.1, -0.05) is 43.3 Å². The second-order valence-corrected chi connectivity index (χ2v) is 7.58. The van der Waals surface area contributed by atoms with Crippen LogP contribution in [0, 0.1) is 0 Å². The smallest absolute Gasteiger partial charge is 0.153 e. The van der Waals surface area contributed by atoms with E-state index in [9.17, 15) is 0 Å². The Balaban J connectivity index is 1.51. The van der Waals surface area contributed by atoms with E-state index in [4.69, 9.17) is 4.98 Å². The standard InChI is InChI=1S/C23H27BN6/c1-2-19(11-10-17-7-4-3-5-8-17)28-21-13-22(26-15-18-9-6-12-25-14-18)30-23(29-21)20(24)16-27-30/h3-9,12-14,16,19,26H,2,10-11,15,24H2,1H3,(H,28,29). The largest absolute Gasteiger partial charge is 0.367 e. The fourth-order valence-electron chi connectivity index (χ4n) is 3.54. The van der Waals surface area contributed by atoms with Crippen LogP contribution in [0.1, 0.15) is 30.9 Å². The number of anilines is 2. The summed E-state index contributed by atoms with van der Waals surface area (Å²) >= 11 is 0. The molecule has 3 aromatic heterocycles. The van der Waals surface area contributed by atoms with Gasteiger partial charge in [-0.15, -0.1) is 0 Å². The number of hydrogen-bond donors (Lipinski definition) is 2. The molecular weight excluding hydrogens is 371 g/mol. The van der Waals surface area contributed by atoms with E-state index in [0.29, 0.717) is 12.6 Å². The Morgan fingerprint density at radius 2 is 1.90 bits per heavy atom. The number of aryl methyl sites for hydroxylation is 1. The van der Waals surface area contributed by atoms with Crippen LogP contribution in [0.4, 0.5) is 11.6 Å². The Morgan fingerprint density at radius 3 is 2.67 bits per heavy atom. The first-order valence-electron chi connectivity index (χ1n) is 10.5. The normalized spacial score (nSPS) is 12.0. The van der Waals surface area contributed by atoms with E-state index in [0.717, 1.165) is 47.6 Å². The maximum Gasteiger partial charge on any atom is 0.153 e. The average molecular weight is 398 g/mol. The number of fused-ring (bicyclic) bond motifs is 1. The van der Waals surface area contributed by atoms with Crippen molar-refractivity contribution in [3.8, 4) is 0 Å². The molecule has 0 spiro atoms. The van der Waals surface area contributed by atoms with Gasteiger partial charge in [0.15, 0.2) is 5.65 Å². The number of benzene rings is 1. The van der Waals surface area contributed by atoms with E-state index >= 15 is 0 Å². The Hall–Kier alpha value is -3.35. The van der Waals surface area contributed by atoms with Gasteiger partial charge in [0.05, 0.1) is 0 Å². The minimum atomic E-state index is 0.356. The third-order valence-corrected chi connectivity index (χ3v) is 5.31. The molecule has 0 saturated heterocycles. The van der Waals surface area contributed by atoms with Gasteiger partial charge in [-0.25, -0.2) is 4.98 Å². The molecule has 0 aliphatic heterocycles. The SMILES string of the molecule is Bc1cnn2c(NCc3cccnc3)cc(NC(CC)CCc3ccccc3)nc12. The molecule has 6 nitrogen and oxygen atoms in total. The fourth-order valence-corrected chi connectivity index (χ4v) is 3.54. The minimum Gasteiger partial charge on any atom is -0.367 e. The molecule has 2 N–H and O–H groups in total. The van der Waals surface area contributed by atoms with Crippen LogP contribution < -0.4 is 16.1 Å². The van der Waals surface area contributed by atoms with Gasteiger partial charge in [0.25, 0.3) is 0 Å². The van der Waals surface area contributed by atoms with Crippen molar-refractivity contribution in [3.63, 3.8) is 0 Å². The molecule has 0 aliphatic carbocycles. The Kier molecular flexibility index (Phi) is 6.27. The van der Waals surface area contributed by atoms with Crippen LogP contribution >= 0.6 is 0 Å². The highest BCUT2D eigenvalue weighted by molar-refractivity contribution is 6.36. The molecule has 0 bridgehead atoms.